The van der Waals surface area contributed by atoms with E-state index >= 15 is 0 Å². The Morgan fingerprint density at radius 2 is 1.34 bits per heavy atom. The van der Waals surface area contributed by atoms with E-state index in [0.29, 0.717) is 58.2 Å². The third-order valence-electron chi connectivity index (χ3n) is 9.16. The number of nitrogens with zero attached hydrogens (tertiary/aromatic N) is 3. The van der Waals surface area contributed by atoms with Gasteiger partial charge in [-0.15, -0.1) is 22.7 Å². The van der Waals surface area contributed by atoms with Gasteiger partial charge in [-0.3, -0.25) is 9.59 Å². The van der Waals surface area contributed by atoms with Crippen LogP contribution in [0, 0.1) is 0 Å². The molecule has 2 aromatic heterocycles. The molecule has 2 aliphatic heterocycles. The minimum atomic E-state index is -4.53. The highest BCUT2D eigenvalue weighted by molar-refractivity contribution is 7.13. The molecule has 294 valence electrons. The molecule has 7 rings (SSSR count). The number of benzene rings is 3. The van der Waals surface area contributed by atoms with Crippen molar-refractivity contribution in [3.63, 3.8) is 0 Å². The lowest BCUT2D eigenvalue weighted by molar-refractivity contribution is -0.151. The minimum absolute atomic E-state index is 0.190. The molecule has 0 aliphatic carbocycles. The van der Waals surface area contributed by atoms with Crippen LogP contribution in [0.1, 0.15) is 47.0 Å². The van der Waals surface area contributed by atoms with Crippen LogP contribution in [0.5, 0.6) is 11.5 Å². The maximum absolute atomic E-state index is 13.7. The van der Waals surface area contributed by atoms with E-state index in [4.69, 9.17) is 14.2 Å². The van der Waals surface area contributed by atoms with Gasteiger partial charge in [-0.2, -0.15) is 26.3 Å². The van der Waals surface area contributed by atoms with Crippen LogP contribution >= 0.6 is 22.7 Å². The predicted octanol–water partition coefficient (Wildman–Crippen LogP) is 8.39. The Morgan fingerprint density at radius 3 is 1.93 bits per heavy atom. The average molecular weight is 817 g/mol. The normalized spacial score (nSPS) is 15.7. The molecular formula is C39H34F6N4O5S2. The quantitative estimate of drug-likeness (QED) is 0.0991. The van der Waals surface area contributed by atoms with Gasteiger partial charge in [0.05, 0.1) is 41.4 Å². The molecule has 0 bridgehead atoms. The molecule has 1 amide bonds. The van der Waals surface area contributed by atoms with E-state index in [1.54, 1.807) is 29.0 Å². The molecule has 17 heteroatoms. The second-order valence-electron chi connectivity index (χ2n) is 13.3. The summed E-state index contributed by atoms with van der Waals surface area (Å²) >= 11 is 2.22. The Morgan fingerprint density at radius 1 is 0.768 bits per heavy atom. The number of esters is 1. The highest BCUT2D eigenvalue weighted by Gasteiger charge is 2.34. The Balaban J connectivity index is 1.12. The molecule has 56 heavy (non-hydrogen) atoms. The molecule has 0 radical (unpaired) electrons. The van der Waals surface area contributed by atoms with Gasteiger partial charge in [0.15, 0.2) is 11.5 Å². The first-order valence-electron chi connectivity index (χ1n) is 17.6. The maximum Gasteiger partial charge on any atom is 0.416 e. The molecule has 1 saturated heterocycles. The summed E-state index contributed by atoms with van der Waals surface area (Å²) in [4.78, 5) is 38.4. The molecule has 4 heterocycles. The number of carbonyl (C=O) groups is 2. The van der Waals surface area contributed by atoms with E-state index in [-0.39, 0.29) is 24.0 Å². The van der Waals surface area contributed by atoms with Gasteiger partial charge in [-0.05, 0) is 67.9 Å². The molecule has 9 nitrogen and oxygen atoms in total. The first kappa shape index (κ1) is 39.2. The number of hydrogen-bond acceptors (Lipinski definition) is 10. The van der Waals surface area contributed by atoms with Gasteiger partial charge in [0, 0.05) is 28.4 Å². The van der Waals surface area contributed by atoms with Crippen molar-refractivity contribution < 1.29 is 50.1 Å². The van der Waals surface area contributed by atoms with Crippen molar-refractivity contribution in [3.05, 3.63) is 106 Å². The lowest BCUT2D eigenvalue weighted by Gasteiger charge is -2.32. The Labute approximate surface area is 325 Å². The van der Waals surface area contributed by atoms with Gasteiger partial charge in [-0.25, -0.2) is 9.97 Å². The van der Waals surface area contributed by atoms with E-state index in [0.717, 1.165) is 72.9 Å². The number of aromatic nitrogens is 2. The summed E-state index contributed by atoms with van der Waals surface area (Å²) in [5.74, 6) is -0.179. The molecule has 3 aromatic carbocycles. The number of carbonyl (C=O) groups excluding carboxylic acids is 2. The molecule has 0 saturated carbocycles. The van der Waals surface area contributed by atoms with Gasteiger partial charge < -0.3 is 24.4 Å². The maximum atomic E-state index is 13.7. The van der Waals surface area contributed by atoms with E-state index < -0.39 is 47.5 Å². The van der Waals surface area contributed by atoms with Crippen molar-refractivity contribution in [2.75, 3.05) is 32.8 Å². The first-order chi connectivity index (χ1) is 26.8. The Hall–Kier alpha value is -5.00. The zero-order valence-corrected chi connectivity index (χ0v) is 31.1. The summed E-state index contributed by atoms with van der Waals surface area (Å²) in [5, 5.41) is 6.87. The standard InChI is InChI=1S/C39H34F6N4O5S2/c40-38(41,42)26-7-3-5-24(15-26)36-46-28(21-55-36)18-33(50)48-30(20-49-11-1-2-12-49)35(23-9-10-31-32(17-23)53-14-13-52-31)54-34(51)19-29-22-56-37(47-29)25-6-4-8-27(16-25)39(43,44)45/h3-10,15-17,21-22,30,35H,1-2,11-14,18-20H2,(H,48,50)/t30-,35-/m1/s1. The van der Waals surface area contributed by atoms with Crippen molar-refractivity contribution in [2.24, 2.45) is 0 Å². The second-order valence-corrected chi connectivity index (χ2v) is 15.0. The number of rotatable bonds is 12. The molecule has 0 unspecified atom stereocenters. The number of likely N-dealkylation sites (tertiary alicyclic amines) is 1. The fourth-order valence-electron chi connectivity index (χ4n) is 6.53. The summed E-state index contributed by atoms with van der Waals surface area (Å²) in [5.41, 5.74) is 0.0902. The molecule has 1 N–H and O–H groups in total. The number of thiazole rings is 2. The summed E-state index contributed by atoms with van der Waals surface area (Å²) in [6.45, 7) is 2.51. The molecule has 1 fully saturated rings. The number of fused-ring (bicyclic) bond motifs is 1. The van der Waals surface area contributed by atoms with E-state index in [1.165, 1.54) is 24.3 Å². The zero-order valence-electron chi connectivity index (χ0n) is 29.5. The Bertz CT molecular complexity index is 2180. The van der Waals surface area contributed by atoms with Crippen LogP contribution in [0.15, 0.2) is 77.5 Å². The smallest absolute Gasteiger partial charge is 0.416 e. The molecule has 5 aromatic rings. The van der Waals surface area contributed by atoms with Crippen molar-refractivity contribution in [1.82, 2.24) is 20.2 Å². The summed E-state index contributed by atoms with van der Waals surface area (Å²) < 4.78 is 97.8. The van der Waals surface area contributed by atoms with Gasteiger partial charge in [0.25, 0.3) is 0 Å². The second kappa shape index (κ2) is 16.6. The fraction of sp³-hybridized carbons (Fsp3) is 0.333. The summed E-state index contributed by atoms with van der Waals surface area (Å²) in [6, 6.07) is 14.0. The monoisotopic (exact) mass is 816 g/mol. The summed E-state index contributed by atoms with van der Waals surface area (Å²) in [6.07, 6.45) is -8.66. The van der Waals surface area contributed by atoms with Crippen molar-refractivity contribution in [1.29, 1.82) is 0 Å². The summed E-state index contributed by atoms with van der Waals surface area (Å²) in [7, 11) is 0. The number of hydrogen-bond donors (Lipinski definition) is 1. The highest BCUT2D eigenvalue weighted by atomic mass is 32.1. The minimum Gasteiger partial charge on any atom is -0.486 e. The van der Waals surface area contributed by atoms with E-state index in [1.807, 2.05) is 0 Å². The molecule has 0 spiro atoms. The van der Waals surface area contributed by atoms with Crippen LogP contribution in [-0.2, 0) is 39.5 Å². The van der Waals surface area contributed by atoms with E-state index in [2.05, 4.69) is 20.2 Å². The van der Waals surface area contributed by atoms with Gasteiger partial charge in [0.1, 0.15) is 29.3 Å². The van der Waals surface area contributed by atoms with Crippen molar-refractivity contribution in [2.45, 2.75) is 50.2 Å². The van der Waals surface area contributed by atoms with Crippen LogP contribution in [0.25, 0.3) is 21.1 Å². The SMILES string of the molecule is O=C(Cc1csc(-c2cccc(C(F)(F)F)c2)n1)N[C@H](CN1CCCC1)[C@H](OC(=O)Cc1csc(-c2cccc(C(F)(F)F)c2)n1)c1ccc2c(c1)OCCO2. The predicted molar refractivity (Wildman–Crippen MR) is 196 cm³/mol. The highest BCUT2D eigenvalue weighted by Crippen LogP contribution is 2.37. The van der Waals surface area contributed by atoms with Gasteiger partial charge in [-0.1, -0.05) is 30.3 Å². The van der Waals surface area contributed by atoms with E-state index in [9.17, 15) is 35.9 Å². The van der Waals surface area contributed by atoms with Gasteiger partial charge >= 0.3 is 18.3 Å². The lowest BCUT2D eigenvalue weighted by atomic mass is 10.00. The van der Waals surface area contributed by atoms with Crippen LogP contribution in [0.2, 0.25) is 0 Å². The van der Waals surface area contributed by atoms with Crippen LogP contribution < -0.4 is 14.8 Å². The third-order valence-corrected chi connectivity index (χ3v) is 11.0. The topological polar surface area (TPSA) is 103 Å². The van der Waals surface area contributed by atoms with Crippen molar-refractivity contribution >= 4 is 34.6 Å². The van der Waals surface area contributed by atoms with Crippen molar-refractivity contribution in [3.8, 4) is 32.6 Å². The zero-order chi connectivity index (χ0) is 39.5. The largest absolute Gasteiger partial charge is 0.486 e. The first-order valence-corrected chi connectivity index (χ1v) is 19.4. The van der Waals surface area contributed by atoms with Crippen LogP contribution in [0.3, 0.4) is 0 Å². The number of alkyl halides is 6. The number of halogens is 6. The molecule has 2 aliphatic rings. The van der Waals surface area contributed by atoms with Crippen LogP contribution in [-0.4, -0.2) is 65.6 Å². The number of nitrogens with one attached hydrogen (secondary N) is 1. The lowest BCUT2D eigenvalue weighted by Crippen LogP contribution is -2.48. The number of ether oxygens (including phenoxy) is 3. The molecule has 2 atom stereocenters. The Kier molecular flexibility index (Phi) is 11.6. The van der Waals surface area contributed by atoms with Gasteiger partial charge in [0.2, 0.25) is 5.91 Å². The molecular weight excluding hydrogens is 783 g/mol. The average Bonchev–Trinajstić information content (AvgIpc) is 3.97. The third kappa shape index (κ3) is 9.68. The van der Waals surface area contributed by atoms with Crippen LogP contribution in [0.4, 0.5) is 26.3 Å². The fourth-order valence-corrected chi connectivity index (χ4v) is 8.17. The number of amides is 1.